The van der Waals surface area contributed by atoms with Crippen molar-refractivity contribution in [2.24, 2.45) is 0 Å². The second kappa shape index (κ2) is 4.74. The van der Waals surface area contributed by atoms with E-state index in [0.29, 0.717) is 0 Å². The lowest BCUT2D eigenvalue weighted by molar-refractivity contribution is 1.15. The Kier molecular flexibility index (Phi) is 2.86. The van der Waals surface area contributed by atoms with Crippen molar-refractivity contribution >= 4 is 37.7 Å². The molecule has 0 N–H and O–H groups in total. The molecule has 0 radical (unpaired) electrons. The maximum Gasteiger partial charge on any atom is 0.0541 e. The third-order valence-corrected chi connectivity index (χ3v) is 4.47. The monoisotopic (exact) mass is 335 g/mol. The van der Waals surface area contributed by atoms with E-state index in [-0.39, 0.29) is 0 Å². The largest absolute Gasteiger partial charge is 0.309 e. The molecule has 0 bridgehead atoms. The molecular formula is C19H14BrN. The van der Waals surface area contributed by atoms with Gasteiger partial charge in [0, 0.05) is 20.9 Å². The Morgan fingerprint density at radius 3 is 1.90 bits per heavy atom. The van der Waals surface area contributed by atoms with Gasteiger partial charge in [-0.3, -0.25) is 0 Å². The van der Waals surface area contributed by atoms with Crippen LogP contribution in [0.15, 0.2) is 71.2 Å². The van der Waals surface area contributed by atoms with Crippen LogP contribution in [0.3, 0.4) is 0 Å². The molecule has 3 aromatic carbocycles. The number of para-hydroxylation sites is 2. The highest BCUT2D eigenvalue weighted by molar-refractivity contribution is 9.10. The molecule has 102 valence electrons. The number of hydrogen-bond donors (Lipinski definition) is 0. The summed E-state index contributed by atoms with van der Waals surface area (Å²) in [6.07, 6.45) is 0. The predicted octanol–water partition coefficient (Wildman–Crippen LogP) is 5.85. The molecular weight excluding hydrogens is 322 g/mol. The summed E-state index contributed by atoms with van der Waals surface area (Å²) < 4.78 is 3.47. The smallest absolute Gasteiger partial charge is 0.0541 e. The molecule has 21 heavy (non-hydrogen) atoms. The van der Waals surface area contributed by atoms with Gasteiger partial charge in [0.25, 0.3) is 0 Å². The summed E-state index contributed by atoms with van der Waals surface area (Å²) in [7, 11) is 0. The van der Waals surface area contributed by atoms with E-state index in [4.69, 9.17) is 0 Å². The van der Waals surface area contributed by atoms with Crippen LogP contribution in [0.4, 0.5) is 0 Å². The third kappa shape index (κ3) is 1.90. The second-order valence-electron chi connectivity index (χ2n) is 5.30. The minimum Gasteiger partial charge on any atom is -0.309 e. The Labute approximate surface area is 132 Å². The molecule has 0 aliphatic heterocycles. The fraction of sp³-hybridized carbons (Fsp3) is 0.0526. The first kappa shape index (κ1) is 12.7. The fourth-order valence-electron chi connectivity index (χ4n) is 3.05. The van der Waals surface area contributed by atoms with Crippen molar-refractivity contribution < 1.29 is 0 Å². The summed E-state index contributed by atoms with van der Waals surface area (Å²) >= 11 is 3.55. The van der Waals surface area contributed by atoms with Crippen LogP contribution in [0.1, 0.15) is 5.56 Å². The standard InChI is InChI=1S/C19H14BrN/c1-13-12-14(20)10-11-17(13)21-18-8-4-2-6-15(18)16-7-3-5-9-19(16)21/h2-12H,1H3. The van der Waals surface area contributed by atoms with Crippen molar-refractivity contribution in [3.05, 3.63) is 76.8 Å². The Bertz CT molecular complexity index is 913. The molecule has 2 heteroatoms. The summed E-state index contributed by atoms with van der Waals surface area (Å²) in [6, 6.07) is 23.6. The lowest BCUT2D eigenvalue weighted by atomic mass is 10.2. The molecule has 4 aromatic rings. The topological polar surface area (TPSA) is 4.93 Å². The molecule has 0 amide bonds. The molecule has 0 atom stereocenters. The maximum absolute atomic E-state index is 3.55. The van der Waals surface area contributed by atoms with E-state index in [2.05, 4.69) is 94.2 Å². The van der Waals surface area contributed by atoms with Crippen LogP contribution in [-0.2, 0) is 0 Å². The quantitative estimate of drug-likeness (QED) is 0.411. The predicted molar refractivity (Wildman–Crippen MR) is 93.2 cm³/mol. The van der Waals surface area contributed by atoms with E-state index < -0.39 is 0 Å². The van der Waals surface area contributed by atoms with Gasteiger partial charge in [-0.05, 0) is 42.8 Å². The Balaban J connectivity index is 2.20. The van der Waals surface area contributed by atoms with E-state index in [1.165, 1.54) is 33.1 Å². The van der Waals surface area contributed by atoms with E-state index in [1.54, 1.807) is 0 Å². The zero-order valence-electron chi connectivity index (χ0n) is 11.7. The van der Waals surface area contributed by atoms with Gasteiger partial charge >= 0.3 is 0 Å². The number of rotatable bonds is 1. The van der Waals surface area contributed by atoms with Crippen LogP contribution in [0.25, 0.3) is 27.5 Å². The summed E-state index contributed by atoms with van der Waals surface area (Å²) in [4.78, 5) is 0. The van der Waals surface area contributed by atoms with E-state index in [9.17, 15) is 0 Å². The molecule has 1 heterocycles. The second-order valence-corrected chi connectivity index (χ2v) is 6.22. The molecule has 0 unspecified atom stereocenters. The van der Waals surface area contributed by atoms with Crippen LogP contribution >= 0.6 is 15.9 Å². The van der Waals surface area contributed by atoms with Gasteiger partial charge < -0.3 is 4.57 Å². The number of fused-ring (bicyclic) bond motifs is 3. The first-order valence-electron chi connectivity index (χ1n) is 7.00. The van der Waals surface area contributed by atoms with Gasteiger partial charge in [0.05, 0.1) is 11.0 Å². The number of nitrogens with zero attached hydrogens (tertiary/aromatic N) is 1. The highest BCUT2D eigenvalue weighted by Gasteiger charge is 2.12. The van der Waals surface area contributed by atoms with E-state index in [1.807, 2.05) is 0 Å². The average Bonchev–Trinajstić information content (AvgIpc) is 2.82. The number of hydrogen-bond acceptors (Lipinski definition) is 0. The summed E-state index contributed by atoms with van der Waals surface area (Å²) in [6.45, 7) is 2.16. The van der Waals surface area contributed by atoms with Crippen molar-refractivity contribution in [2.75, 3.05) is 0 Å². The van der Waals surface area contributed by atoms with Gasteiger partial charge in [-0.15, -0.1) is 0 Å². The number of halogens is 1. The molecule has 0 fully saturated rings. The molecule has 4 rings (SSSR count). The van der Waals surface area contributed by atoms with Crippen molar-refractivity contribution in [3.63, 3.8) is 0 Å². The van der Waals surface area contributed by atoms with Gasteiger partial charge in [-0.1, -0.05) is 52.3 Å². The molecule has 0 aliphatic rings. The minimum absolute atomic E-state index is 1.12. The zero-order valence-corrected chi connectivity index (χ0v) is 13.3. The van der Waals surface area contributed by atoms with E-state index >= 15 is 0 Å². The van der Waals surface area contributed by atoms with Gasteiger partial charge in [0.2, 0.25) is 0 Å². The first-order valence-corrected chi connectivity index (χ1v) is 7.80. The third-order valence-electron chi connectivity index (χ3n) is 3.98. The molecule has 0 aliphatic carbocycles. The SMILES string of the molecule is Cc1cc(Br)ccc1-n1c2ccccc2c2ccccc21. The van der Waals surface area contributed by atoms with E-state index in [0.717, 1.165) is 4.47 Å². The minimum atomic E-state index is 1.12. The van der Waals surface area contributed by atoms with Crippen LogP contribution in [0, 0.1) is 6.92 Å². The Hall–Kier alpha value is -2.06. The molecule has 0 saturated carbocycles. The lowest BCUT2D eigenvalue weighted by Gasteiger charge is -2.11. The Morgan fingerprint density at radius 2 is 1.33 bits per heavy atom. The van der Waals surface area contributed by atoms with Crippen molar-refractivity contribution in [3.8, 4) is 5.69 Å². The Morgan fingerprint density at radius 1 is 0.762 bits per heavy atom. The van der Waals surface area contributed by atoms with Gasteiger partial charge in [-0.25, -0.2) is 0 Å². The van der Waals surface area contributed by atoms with Crippen LogP contribution in [0.5, 0.6) is 0 Å². The van der Waals surface area contributed by atoms with Crippen LogP contribution in [0.2, 0.25) is 0 Å². The van der Waals surface area contributed by atoms with Crippen LogP contribution in [-0.4, -0.2) is 4.57 Å². The van der Waals surface area contributed by atoms with Crippen molar-refractivity contribution in [2.45, 2.75) is 6.92 Å². The normalized spacial score (nSPS) is 11.3. The summed E-state index contributed by atoms with van der Waals surface area (Å²) in [5.74, 6) is 0. The number of benzene rings is 3. The van der Waals surface area contributed by atoms with Gasteiger partial charge in [0.1, 0.15) is 0 Å². The van der Waals surface area contributed by atoms with Gasteiger partial charge in [-0.2, -0.15) is 0 Å². The molecule has 1 nitrogen and oxygen atoms in total. The molecule has 0 spiro atoms. The highest BCUT2D eigenvalue weighted by Crippen LogP contribution is 2.33. The first-order chi connectivity index (χ1) is 10.3. The molecule has 1 aromatic heterocycles. The zero-order chi connectivity index (χ0) is 14.4. The summed E-state index contributed by atoms with van der Waals surface area (Å²) in [5.41, 5.74) is 5.00. The maximum atomic E-state index is 3.55. The average molecular weight is 336 g/mol. The van der Waals surface area contributed by atoms with Crippen molar-refractivity contribution in [1.82, 2.24) is 4.57 Å². The van der Waals surface area contributed by atoms with Crippen molar-refractivity contribution in [1.29, 1.82) is 0 Å². The number of aromatic nitrogens is 1. The van der Waals surface area contributed by atoms with Crippen LogP contribution < -0.4 is 0 Å². The lowest BCUT2D eigenvalue weighted by Crippen LogP contribution is -1.96. The van der Waals surface area contributed by atoms with Gasteiger partial charge in [0.15, 0.2) is 0 Å². The number of aryl methyl sites for hydroxylation is 1. The fourth-order valence-corrected chi connectivity index (χ4v) is 3.53. The summed E-state index contributed by atoms with van der Waals surface area (Å²) in [5, 5.41) is 2.60. The molecule has 0 saturated heterocycles. The highest BCUT2D eigenvalue weighted by atomic mass is 79.9.